The van der Waals surface area contributed by atoms with E-state index in [0.29, 0.717) is 0 Å². The highest BCUT2D eigenvalue weighted by Gasteiger charge is 2.20. The van der Waals surface area contributed by atoms with Gasteiger partial charge in [0.15, 0.2) is 0 Å². The first-order chi connectivity index (χ1) is 11.7. The van der Waals surface area contributed by atoms with Crippen molar-refractivity contribution in [1.29, 1.82) is 0 Å². The molecule has 4 nitrogen and oxygen atoms in total. The molecular weight excluding hydrogens is 382 g/mol. The van der Waals surface area contributed by atoms with Gasteiger partial charge in [-0.25, -0.2) is 4.79 Å². The number of carbonyl (C=O) groups excluding carboxylic acids is 1. The third-order valence-corrected chi connectivity index (χ3v) is 4.18. The first-order valence-electron chi connectivity index (χ1n) is 7.99. The SMILES string of the molecule is CN(C(=O)OC(C)(C)C)c1ccc(-c2cc3ccc(Br)cc3o2)cc1. The lowest BCUT2D eigenvalue weighted by Crippen LogP contribution is -2.34. The van der Waals surface area contributed by atoms with Crippen LogP contribution in [0, 0.1) is 0 Å². The predicted octanol–water partition coefficient (Wildman–Crippen LogP) is 6.23. The van der Waals surface area contributed by atoms with E-state index in [0.717, 1.165) is 32.5 Å². The van der Waals surface area contributed by atoms with Crippen molar-refractivity contribution in [3.63, 3.8) is 0 Å². The fraction of sp³-hybridized carbons (Fsp3) is 0.250. The van der Waals surface area contributed by atoms with Crippen LogP contribution in [0.15, 0.2) is 57.4 Å². The van der Waals surface area contributed by atoms with Gasteiger partial charge in [-0.05, 0) is 69.3 Å². The molecule has 1 heterocycles. The summed E-state index contributed by atoms with van der Waals surface area (Å²) in [6.07, 6.45) is -0.381. The molecule has 0 radical (unpaired) electrons. The average Bonchev–Trinajstić information content (AvgIpc) is 2.95. The summed E-state index contributed by atoms with van der Waals surface area (Å²) in [5.41, 5.74) is 2.03. The van der Waals surface area contributed by atoms with E-state index in [-0.39, 0.29) is 6.09 Å². The fourth-order valence-corrected chi connectivity index (χ4v) is 2.77. The molecule has 0 spiro atoms. The maximum atomic E-state index is 12.1. The lowest BCUT2D eigenvalue weighted by atomic mass is 10.1. The second kappa shape index (κ2) is 6.56. The van der Waals surface area contributed by atoms with Crippen molar-refractivity contribution in [2.75, 3.05) is 11.9 Å². The molecule has 0 aliphatic carbocycles. The van der Waals surface area contributed by atoms with Gasteiger partial charge in [-0.3, -0.25) is 4.90 Å². The molecule has 0 aliphatic rings. The Labute approximate surface area is 155 Å². The zero-order valence-corrected chi connectivity index (χ0v) is 16.3. The lowest BCUT2D eigenvalue weighted by molar-refractivity contribution is 0.0589. The zero-order valence-electron chi connectivity index (χ0n) is 14.7. The summed E-state index contributed by atoms with van der Waals surface area (Å²) in [4.78, 5) is 13.6. The van der Waals surface area contributed by atoms with Crippen molar-refractivity contribution in [2.45, 2.75) is 26.4 Å². The molecule has 0 atom stereocenters. The number of hydrogen-bond donors (Lipinski definition) is 0. The molecule has 0 N–H and O–H groups in total. The van der Waals surface area contributed by atoms with Crippen LogP contribution in [-0.2, 0) is 4.74 Å². The van der Waals surface area contributed by atoms with E-state index in [1.807, 2.05) is 69.3 Å². The highest BCUT2D eigenvalue weighted by molar-refractivity contribution is 9.10. The third kappa shape index (κ3) is 4.04. The Kier molecular flexibility index (Phi) is 4.60. The topological polar surface area (TPSA) is 42.7 Å². The quantitative estimate of drug-likeness (QED) is 0.510. The molecule has 3 aromatic rings. The summed E-state index contributed by atoms with van der Waals surface area (Å²) in [6, 6.07) is 15.6. The molecule has 0 aliphatic heterocycles. The monoisotopic (exact) mass is 401 g/mol. The molecular formula is C20H20BrNO3. The van der Waals surface area contributed by atoms with Crippen molar-refractivity contribution in [3.05, 3.63) is 53.0 Å². The summed E-state index contributed by atoms with van der Waals surface area (Å²) >= 11 is 3.45. The van der Waals surface area contributed by atoms with Crippen molar-refractivity contribution >= 4 is 38.7 Å². The number of anilines is 1. The summed E-state index contributed by atoms with van der Waals surface area (Å²) in [7, 11) is 1.70. The van der Waals surface area contributed by atoms with Crippen LogP contribution < -0.4 is 4.90 Å². The van der Waals surface area contributed by atoms with Crippen LogP contribution >= 0.6 is 15.9 Å². The van der Waals surface area contributed by atoms with Crippen LogP contribution in [-0.4, -0.2) is 18.7 Å². The van der Waals surface area contributed by atoms with E-state index in [9.17, 15) is 4.79 Å². The minimum absolute atomic E-state index is 0.381. The second-order valence-electron chi connectivity index (χ2n) is 6.88. The summed E-state index contributed by atoms with van der Waals surface area (Å²) < 4.78 is 12.3. The largest absolute Gasteiger partial charge is 0.456 e. The van der Waals surface area contributed by atoms with Crippen LogP contribution in [0.3, 0.4) is 0 Å². The van der Waals surface area contributed by atoms with Crippen molar-refractivity contribution in [2.24, 2.45) is 0 Å². The summed E-state index contributed by atoms with van der Waals surface area (Å²) in [5, 5.41) is 1.05. The Morgan fingerprint density at radius 3 is 2.40 bits per heavy atom. The van der Waals surface area contributed by atoms with Gasteiger partial charge in [-0.2, -0.15) is 0 Å². The minimum Gasteiger partial charge on any atom is -0.456 e. The van der Waals surface area contributed by atoms with Gasteiger partial charge in [-0.1, -0.05) is 15.9 Å². The lowest BCUT2D eigenvalue weighted by Gasteiger charge is -2.24. The van der Waals surface area contributed by atoms with Gasteiger partial charge in [-0.15, -0.1) is 0 Å². The van der Waals surface area contributed by atoms with Crippen molar-refractivity contribution in [3.8, 4) is 11.3 Å². The molecule has 3 rings (SSSR count). The van der Waals surface area contributed by atoms with E-state index in [2.05, 4.69) is 15.9 Å². The number of furan rings is 1. The molecule has 1 amide bonds. The Hall–Kier alpha value is -2.27. The molecule has 0 saturated heterocycles. The van der Waals surface area contributed by atoms with E-state index in [1.54, 1.807) is 7.05 Å². The number of rotatable bonds is 2. The number of halogens is 1. The Morgan fingerprint density at radius 2 is 1.76 bits per heavy atom. The Morgan fingerprint density at radius 1 is 1.08 bits per heavy atom. The number of amides is 1. The van der Waals surface area contributed by atoms with Gasteiger partial charge < -0.3 is 9.15 Å². The third-order valence-electron chi connectivity index (χ3n) is 3.69. The molecule has 5 heteroatoms. The maximum absolute atomic E-state index is 12.1. The Bertz CT molecular complexity index is 907. The molecule has 1 aromatic heterocycles. The molecule has 0 unspecified atom stereocenters. The molecule has 0 saturated carbocycles. The standard InChI is InChI=1S/C20H20BrNO3/c1-20(2,3)25-19(23)22(4)16-9-6-13(7-10-16)17-11-14-5-8-15(21)12-18(14)24-17/h5-12H,1-4H3. The maximum Gasteiger partial charge on any atom is 0.414 e. The predicted molar refractivity (Wildman–Crippen MR) is 104 cm³/mol. The summed E-state index contributed by atoms with van der Waals surface area (Å²) in [5.74, 6) is 0.791. The number of nitrogens with zero attached hydrogens (tertiary/aromatic N) is 1. The highest BCUT2D eigenvalue weighted by Crippen LogP contribution is 2.30. The van der Waals surface area contributed by atoms with E-state index in [4.69, 9.17) is 9.15 Å². The molecule has 130 valence electrons. The Balaban J connectivity index is 1.82. The van der Waals surface area contributed by atoms with Gasteiger partial charge in [0.2, 0.25) is 0 Å². The number of fused-ring (bicyclic) bond motifs is 1. The van der Waals surface area contributed by atoms with E-state index < -0.39 is 5.60 Å². The number of ether oxygens (including phenoxy) is 1. The number of carbonyl (C=O) groups is 1. The highest BCUT2D eigenvalue weighted by atomic mass is 79.9. The minimum atomic E-state index is -0.520. The van der Waals surface area contributed by atoms with Crippen LogP contribution in [0.5, 0.6) is 0 Å². The van der Waals surface area contributed by atoms with E-state index in [1.165, 1.54) is 4.90 Å². The normalized spacial score (nSPS) is 11.6. The average molecular weight is 402 g/mol. The van der Waals surface area contributed by atoms with Crippen LogP contribution in [0.1, 0.15) is 20.8 Å². The van der Waals surface area contributed by atoms with Gasteiger partial charge in [0.05, 0.1) is 0 Å². The van der Waals surface area contributed by atoms with Gasteiger partial charge >= 0.3 is 6.09 Å². The van der Waals surface area contributed by atoms with Crippen LogP contribution in [0.2, 0.25) is 0 Å². The summed E-state index contributed by atoms with van der Waals surface area (Å²) in [6.45, 7) is 5.55. The van der Waals surface area contributed by atoms with Crippen molar-refractivity contribution in [1.82, 2.24) is 0 Å². The van der Waals surface area contributed by atoms with Gasteiger partial charge in [0, 0.05) is 28.2 Å². The van der Waals surface area contributed by atoms with Crippen LogP contribution in [0.25, 0.3) is 22.3 Å². The van der Waals surface area contributed by atoms with Crippen molar-refractivity contribution < 1.29 is 13.9 Å². The molecule has 0 fully saturated rings. The first kappa shape index (κ1) is 17.5. The molecule has 2 aromatic carbocycles. The van der Waals surface area contributed by atoms with Crippen LogP contribution in [0.4, 0.5) is 10.5 Å². The van der Waals surface area contributed by atoms with E-state index >= 15 is 0 Å². The van der Waals surface area contributed by atoms with Gasteiger partial charge in [0.1, 0.15) is 16.9 Å². The fourth-order valence-electron chi connectivity index (χ4n) is 2.43. The number of benzene rings is 2. The van der Waals surface area contributed by atoms with Gasteiger partial charge in [0.25, 0.3) is 0 Å². The molecule has 0 bridgehead atoms. The first-order valence-corrected chi connectivity index (χ1v) is 8.78. The zero-order chi connectivity index (χ0) is 18.2. The molecule has 25 heavy (non-hydrogen) atoms. The smallest absolute Gasteiger partial charge is 0.414 e. The number of hydrogen-bond acceptors (Lipinski definition) is 3. The second-order valence-corrected chi connectivity index (χ2v) is 7.79.